The molecule has 0 aromatic rings. The van der Waals surface area contributed by atoms with Crippen LogP contribution in [0, 0.1) is 0 Å². The first-order valence-electron chi connectivity index (χ1n) is 4.57. The predicted octanol–water partition coefficient (Wildman–Crippen LogP) is -1.51. The van der Waals surface area contributed by atoms with E-state index >= 15 is 0 Å². The quantitative estimate of drug-likeness (QED) is 0.550. The van der Waals surface area contributed by atoms with E-state index in [-0.39, 0.29) is 11.9 Å². The standard InChI is InChI=1S/C8H14N2O3/c11-8(10-6-3-9-4-6)7-5-12-1-2-13-7/h6-7,9H,1-5H2,(H,10,11). The van der Waals surface area contributed by atoms with Gasteiger partial charge in [-0.05, 0) is 0 Å². The van der Waals surface area contributed by atoms with Crippen molar-refractivity contribution in [2.45, 2.75) is 12.1 Å². The van der Waals surface area contributed by atoms with Crippen LogP contribution < -0.4 is 10.6 Å². The number of hydrogen-bond acceptors (Lipinski definition) is 4. The summed E-state index contributed by atoms with van der Waals surface area (Å²) in [5, 5.41) is 5.96. The fourth-order valence-corrected chi connectivity index (χ4v) is 1.32. The van der Waals surface area contributed by atoms with Crippen molar-refractivity contribution in [2.75, 3.05) is 32.9 Å². The molecule has 2 N–H and O–H groups in total. The molecule has 0 aromatic carbocycles. The van der Waals surface area contributed by atoms with Crippen LogP contribution >= 0.6 is 0 Å². The third-order valence-electron chi connectivity index (χ3n) is 2.24. The lowest BCUT2D eigenvalue weighted by Gasteiger charge is -2.30. The van der Waals surface area contributed by atoms with E-state index in [4.69, 9.17) is 9.47 Å². The van der Waals surface area contributed by atoms with E-state index in [1.807, 2.05) is 0 Å². The highest BCUT2D eigenvalue weighted by atomic mass is 16.6. The summed E-state index contributed by atoms with van der Waals surface area (Å²) in [6.07, 6.45) is -0.408. The summed E-state index contributed by atoms with van der Waals surface area (Å²) >= 11 is 0. The van der Waals surface area contributed by atoms with E-state index in [1.165, 1.54) is 0 Å². The molecule has 1 unspecified atom stereocenters. The van der Waals surface area contributed by atoms with Crippen LogP contribution in [0.1, 0.15) is 0 Å². The van der Waals surface area contributed by atoms with Crippen LogP contribution in [0.2, 0.25) is 0 Å². The van der Waals surface area contributed by atoms with Crippen LogP contribution in [0.5, 0.6) is 0 Å². The van der Waals surface area contributed by atoms with Gasteiger partial charge in [-0.1, -0.05) is 0 Å². The monoisotopic (exact) mass is 186 g/mol. The molecular formula is C8H14N2O3. The van der Waals surface area contributed by atoms with Crippen molar-refractivity contribution in [1.82, 2.24) is 10.6 Å². The number of amides is 1. The van der Waals surface area contributed by atoms with Gasteiger partial charge in [0.2, 0.25) is 0 Å². The zero-order valence-corrected chi connectivity index (χ0v) is 7.41. The molecule has 0 bridgehead atoms. The molecule has 2 aliphatic heterocycles. The van der Waals surface area contributed by atoms with Gasteiger partial charge >= 0.3 is 0 Å². The van der Waals surface area contributed by atoms with Crippen molar-refractivity contribution in [2.24, 2.45) is 0 Å². The summed E-state index contributed by atoms with van der Waals surface area (Å²) in [5.41, 5.74) is 0. The third-order valence-corrected chi connectivity index (χ3v) is 2.24. The number of nitrogens with one attached hydrogen (secondary N) is 2. The topological polar surface area (TPSA) is 59.6 Å². The third kappa shape index (κ3) is 2.18. The maximum absolute atomic E-state index is 11.5. The minimum Gasteiger partial charge on any atom is -0.376 e. The van der Waals surface area contributed by atoms with Gasteiger partial charge in [0, 0.05) is 13.1 Å². The molecule has 13 heavy (non-hydrogen) atoms. The van der Waals surface area contributed by atoms with Crippen LogP contribution in [0.4, 0.5) is 0 Å². The minimum atomic E-state index is -0.408. The van der Waals surface area contributed by atoms with Gasteiger partial charge in [0.1, 0.15) is 0 Å². The van der Waals surface area contributed by atoms with Gasteiger partial charge in [-0.2, -0.15) is 0 Å². The highest BCUT2D eigenvalue weighted by Crippen LogP contribution is 2.01. The molecule has 74 valence electrons. The lowest BCUT2D eigenvalue weighted by molar-refractivity contribution is -0.148. The summed E-state index contributed by atoms with van der Waals surface area (Å²) in [7, 11) is 0. The number of carbonyl (C=O) groups excluding carboxylic acids is 1. The first kappa shape index (κ1) is 8.93. The largest absolute Gasteiger partial charge is 0.376 e. The molecule has 1 amide bonds. The fraction of sp³-hybridized carbons (Fsp3) is 0.875. The van der Waals surface area contributed by atoms with E-state index in [2.05, 4.69) is 10.6 Å². The molecule has 2 rings (SSSR count). The second-order valence-electron chi connectivity index (χ2n) is 3.30. The van der Waals surface area contributed by atoms with Crippen molar-refractivity contribution in [1.29, 1.82) is 0 Å². The van der Waals surface area contributed by atoms with Gasteiger partial charge in [0.25, 0.3) is 5.91 Å². The van der Waals surface area contributed by atoms with Gasteiger partial charge in [0.05, 0.1) is 25.9 Å². The predicted molar refractivity (Wildman–Crippen MR) is 45.4 cm³/mol. The molecule has 2 heterocycles. The Balaban J connectivity index is 1.74. The van der Waals surface area contributed by atoms with E-state index < -0.39 is 6.10 Å². The number of ether oxygens (including phenoxy) is 2. The molecule has 0 spiro atoms. The molecule has 0 radical (unpaired) electrons. The average Bonchev–Trinajstić information content (AvgIpc) is 2.12. The van der Waals surface area contributed by atoms with Gasteiger partial charge < -0.3 is 20.1 Å². The maximum atomic E-state index is 11.5. The lowest BCUT2D eigenvalue weighted by Crippen LogP contribution is -2.59. The zero-order chi connectivity index (χ0) is 9.10. The molecule has 2 aliphatic rings. The first-order chi connectivity index (χ1) is 6.36. The van der Waals surface area contributed by atoms with Crippen molar-refractivity contribution >= 4 is 5.91 Å². The van der Waals surface area contributed by atoms with Gasteiger partial charge in [-0.15, -0.1) is 0 Å². The molecule has 0 saturated carbocycles. The smallest absolute Gasteiger partial charge is 0.251 e. The SMILES string of the molecule is O=C(NC1CNC1)C1COCCO1. The van der Waals surface area contributed by atoms with Crippen molar-refractivity contribution < 1.29 is 14.3 Å². The van der Waals surface area contributed by atoms with Crippen molar-refractivity contribution in [3.63, 3.8) is 0 Å². The molecular weight excluding hydrogens is 172 g/mol. The Morgan fingerprint density at radius 2 is 2.23 bits per heavy atom. The molecule has 5 nitrogen and oxygen atoms in total. The van der Waals surface area contributed by atoms with E-state index in [1.54, 1.807) is 0 Å². The Hall–Kier alpha value is -0.650. The average molecular weight is 186 g/mol. The second kappa shape index (κ2) is 4.04. The summed E-state index contributed by atoms with van der Waals surface area (Å²) in [5.74, 6) is -0.0498. The number of rotatable bonds is 2. The zero-order valence-electron chi connectivity index (χ0n) is 7.41. The Kier molecular flexibility index (Phi) is 2.77. The van der Waals surface area contributed by atoms with Crippen LogP contribution in [0.15, 0.2) is 0 Å². The Morgan fingerprint density at radius 1 is 1.38 bits per heavy atom. The van der Waals surface area contributed by atoms with Crippen molar-refractivity contribution in [3.05, 3.63) is 0 Å². The summed E-state index contributed by atoms with van der Waals surface area (Å²) in [6.45, 7) is 3.21. The Bertz CT molecular complexity index is 188. The summed E-state index contributed by atoms with van der Waals surface area (Å²) in [6, 6.07) is 0.276. The van der Waals surface area contributed by atoms with E-state index in [0.29, 0.717) is 19.8 Å². The van der Waals surface area contributed by atoms with Crippen LogP contribution in [-0.4, -0.2) is 51.0 Å². The van der Waals surface area contributed by atoms with E-state index in [0.717, 1.165) is 13.1 Å². The van der Waals surface area contributed by atoms with Crippen molar-refractivity contribution in [3.8, 4) is 0 Å². The maximum Gasteiger partial charge on any atom is 0.251 e. The van der Waals surface area contributed by atoms with Crippen LogP contribution in [-0.2, 0) is 14.3 Å². The molecule has 1 atom stereocenters. The minimum absolute atomic E-state index is 0.0498. The number of carbonyl (C=O) groups is 1. The summed E-state index contributed by atoms with van der Waals surface area (Å²) in [4.78, 5) is 11.5. The van der Waals surface area contributed by atoms with Gasteiger partial charge in [0.15, 0.2) is 6.10 Å². The highest BCUT2D eigenvalue weighted by Gasteiger charge is 2.26. The molecule has 2 saturated heterocycles. The Labute approximate surface area is 76.8 Å². The highest BCUT2D eigenvalue weighted by molar-refractivity contribution is 5.81. The van der Waals surface area contributed by atoms with Gasteiger partial charge in [-0.3, -0.25) is 4.79 Å². The molecule has 0 aliphatic carbocycles. The first-order valence-corrected chi connectivity index (χ1v) is 4.57. The van der Waals surface area contributed by atoms with Gasteiger partial charge in [-0.25, -0.2) is 0 Å². The second-order valence-corrected chi connectivity index (χ2v) is 3.30. The van der Waals surface area contributed by atoms with Crippen LogP contribution in [0.25, 0.3) is 0 Å². The molecule has 2 fully saturated rings. The molecule has 5 heteroatoms. The summed E-state index contributed by atoms with van der Waals surface area (Å²) < 4.78 is 10.4. The Morgan fingerprint density at radius 3 is 2.77 bits per heavy atom. The number of hydrogen-bond donors (Lipinski definition) is 2. The van der Waals surface area contributed by atoms with Crippen LogP contribution in [0.3, 0.4) is 0 Å². The fourth-order valence-electron chi connectivity index (χ4n) is 1.32. The van der Waals surface area contributed by atoms with E-state index in [9.17, 15) is 4.79 Å². The lowest BCUT2D eigenvalue weighted by atomic mass is 10.1. The molecule has 0 aromatic heterocycles. The normalized spacial score (nSPS) is 29.4.